The van der Waals surface area contributed by atoms with Crippen LogP contribution in [-0.4, -0.2) is 0 Å². The highest BCUT2D eigenvalue weighted by atomic mass is 14.2. The molecule has 0 saturated heterocycles. The van der Waals surface area contributed by atoms with Gasteiger partial charge in [0.1, 0.15) is 0 Å². The van der Waals surface area contributed by atoms with Crippen LogP contribution in [0.15, 0.2) is 12.2 Å². The van der Waals surface area contributed by atoms with Gasteiger partial charge in [0, 0.05) is 0 Å². The molecule has 0 aromatic heterocycles. The number of allylic oxidation sites excluding steroid dienone is 2. The van der Waals surface area contributed by atoms with Gasteiger partial charge in [-0.05, 0) is 37.5 Å². The Bertz CT molecular complexity index is 327. The molecule has 0 bridgehead atoms. The first kappa shape index (κ1) is 29.7. The van der Waals surface area contributed by atoms with Gasteiger partial charge in [-0.2, -0.15) is 0 Å². The first-order chi connectivity index (χ1) is 14.7. The second-order valence-corrected chi connectivity index (χ2v) is 10.3. The third-order valence-electron chi connectivity index (χ3n) is 6.95. The second-order valence-electron chi connectivity index (χ2n) is 10.3. The minimum atomic E-state index is 0.835. The van der Waals surface area contributed by atoms with E-state index in [0.717, 1.165) is 11.8 Å². The molecule has 180 valence electrons. The van der Waals surface area contributed by atoms with Crippen LogP contribution in [0.4, 0.5) is 0 Å². The van der Waals surface area contributed by atoms with E-state index in [4.69, 9.17) is 0 Å². The Morgan fingerprint density at radius 2 is 0.867 bits per heavy atom. The van der Waals surface area contributed by atoms with E-state index in [-0.39, 0.29) is 0 Å². The summed E-state index contributed by atoms with van der Waals surface area (Å²) in [6.07, 6.45) is 36.5. The molecule has 0 spiro atoms. The molecule has 0 saturated carbocycles. The van der Waals surface area contributed by atoms with E-state index < -0.39 is 0 Å². The highest BCUT2D eigenvalue weighted by Gasteiger charge is 2.11. The molecule has 30 heavy (non-hydrogen) atoms. The molecule has 0 aliphatic heterocycles. The third-order valence-corrected chi connectivity index (χ3v) is 6.95. The lowest BCUT2D eigenvalue weighted by atomic mass is 9.87. The molecule has 0 amide bonds. The predicted octanol–water partition coefficient (Wildman–Crippen LogP) is 11.4. The first-order valence-electron chi connectivity index (χ1n) is 14.4. The molecule has 0 rings (SSSR count). The van der Waals surface area contributed by atoms with Crippen LogP contribution in [0.3, 0.4) is 0 Å². The SMILES string of the molecule is CCCCCCC=CCC(CCCCCCCCCCCCCCCCC)C(C)C. The zero-order valence-corrected chi connectivity index (χ0v) is 21.9. The van der Waals surface area contributed by atoms with Gasteiger partial charge in [-0.1, -0.05) is 155 Å². The molecular formula is C30H60. The molecule has 0 aliphatic rings. The van der Waals surface area contributed by atoms with Crippen LogP contribution < -0.4 is 0 Å². The van der Waals surface area contributed by atoms with E-state index in [1.165, 1.54) is 141 Å². The van der Waals surface area contributed by atoms with Crippen LogP contribution in [-0.2, 0) is 0 Å². The summed E-state index contributed by atoms with van der Waals surface area (Å²) in [4.78, 5) is 0. The summed E-state index contributed by atoms with van der Waals surface area (Å²) in [6, 6.07) is 0. The highest BCUT2D eigenvalue weighted by Crippen LogP contribution is 2.23. The first-order valence-corrected chi connectivity index (χ1v) is 14.4. The molecule has 0 aliphatic carbocycles. The summed E-state index contributed by atoms with van der Waals surface area (Å²) in [5.41, 5.74) is 0. The predicted molar refractivity (Wildman–Crippen MR) is 140 cm³/mol. The van der Waals surface area contributed by atoms with Crippen molar-refractivity contribution in [3.63, 3.8) is 0 Å². The van der Waals surface area contributed by atoms with E-state index in [1.54, 1.807) is 0 Å². The van der Waals surface area contributed by atoms with Gasteiger partial charge in [0.15, 0.2) is 0 Å². The van der Waals surface area contributed by atoms with Crippen molar-refractivity contribution in [2.45, 2.75) is 169 Å². The van der Waals surface area contributed by atoms with Crippen molar-refractivity contribution in [2.75, 3.05) is 0 Å². The average molecular weight is 421 g/mol. The standard InChI is InChI=1S/C30H60/c1-5-7-9-11-13-14-15-16-17-18-19-20-22-24-26-28-30(29(3)4)27-25-23-21-12-10-8-6-2/h23,25,29-30H,5-22,24,26-28H2,1-4H3. The highest BCUT2D eigenvalue weighted by molar-refractivity contribution is 4.85. The molecule has 0 heteroatoms. The summed E-state index contributed by atoms with van der Waals surface area (Å²) < 4.78 is 0. The summed E-state index contributed by atoms with van der Waals surface area (Å²) in [7, 11) is 0. The van der Waals surface area contributed by atoms with Crippen LogP contribution in [0.5, 0.6) is 0 Å². The maximum Gasteiger partial charge on any atom is -0.0320 e. The molecule has 0 fully saturated rings. The van der Waals surface area contributed by atoms with Gasteiger partial charge in [0.05, 0.1) is 0 Å². The fourth-order valence-electron chi connectivity index (χ4n) is 4.58. The minimum Gasteiger partial charge on any atom is -0.0885 e. The molecule has 0 nitrogen and oxygen atoms in total. The molecule has 1 unspecified atom stereocenters. The van der Waals surface area contributed by atoms with Crippen molar-refractivity contribution in [3.8, 4) is 0 Å². The number of rotatable bonds is 24. The van der Waals surface area contributed by atoms with Gasteiger partial charge >= 0.3 is 0 Å². The zero-order chi connectivity index (χ0) is 22.1. The molecule has 1 atom stereocenters. The summed E-state index contributed by atoms with van der Waals surface area (Å²) in [6.45, 7) is 9.44. The zero-order valence-electron chi connectivity index (χ0n) is 21.9. The lowest BCUT2D eigenvalue weighted by Crippen LogP contribution is -2.07. The molecule has 0 heterocycles. The topological polar surface area (TPSA) is 0 Å². The maximum absolute atomic E-state index is 2.49. The Kier molecular flexibility index (Phi) is 24.8. The molecule has 0 aromatic rings. The second kappa shape index (κ2) is 25.0. The van der Waals surface area contributed by atoms with Crippen molar-refractivity contribution in [1.82, 2.24) is 0 Å². The van der Waals surface area contributed by atoms with E-state index in [9.17, 15) is 0 Å². The molecule has 0 aromatic carbocycles. The van der Waals surface area contributed by atoms with E-state index in [2.05, 4.69) is 39.8 Å². The van der Waals surface area contributed by atoms with Crippen LogP contribution in [0.1, 0.15) is 169 Å². The van der Waals surface area contributed by atoms with Gasteiger partial charge in [-0.3, -0.25) is 0 Å². The molecular weight excluding hydrogens is 360 g/mol. The normalized spacial score (nSPS) is 13.0. The fraction of sp³-hybridized carbons (Fsp3) is 0.933. The van der Waals surface area contributed by atoms with Crippen LogP contribution in [0.2, 0.25) is 0 Å². The van der Waals surface area contributed by atoms with Gasteiger partial charge < -0.3 is 0 Å². The van der Waals surface area contributed by atoms with E-state index in [1.807, 2.05) is 0 Å². The van der Waals surface area contributed by atoms with Gasteiger partial charge in [-0.25, -0.2) is 0 Å². The Morgan fingerprint density at radius 3 is 1.30 bits per heavy atom. The molecule has 0 N–H and O–H groups in total. The summed E-state index contributed by atoms with van der Waals surface area (Å²) >= 11 is 0. The van der Waals surface area contributed by atoms with Crippen molar-refractivity contribution < 1.29 is 0 Å². The minimum absolute atomic E-state index is 0.835. The Balaban J connectivity index is 3.43. The van der Waals surface area contributed by atoms with Crippen LogP contribution in [0.25, 0.3) is 0 Å². The lowest BCUT2D eigenvalue weighted by Gasteiger charge is -2.19. The van der Waals surface area contributed by atoms with E-state index in [0.29, 0.717) is 0 Å². The quantitative estimate of drug-likeness (QED) is 0.107. The van der Waals surface area contributed by atoms with Crippen LogP contribution in [0, 0.1) is 11.8 Å². The Hall–Kier alpha value is -0.260. The Morgan fingerprint density at radius 1 is 0.467 bits per heavy atom. The average Bonchev–Trinajstić information content (AvgIpc) is 2.74. The van der Waals surface area contributed by atoms with Crippen molar-refractivity contribution in [2.24, 2.45) is 11.8 Å². The van der Waals surface area contributed by atoms with Gasteiger partial charge in [0.2, 0.25) is 0 Å². The summed E-state index contributed by atoms with van der Waals surface area (Å²) in [5, 5.41) is 0. The van der Waals surface area contributed by atoms with Crippen molar-refractivity contribution in [1.29, 1.82) is 0 Å². The Labute approximate surface area is 193 Å². The van der Waals surface area contributed by atoms with E-state index >= 15 is 0 Å². The van der Waals surface area contributed by atoms with Crippen molar-refractivity contribution in [3.05, 3.63) is 12.2 Å². The number of unbranched alkanes of at least 4 members (excludes halogenated alkanes) is 18. The fourth-order valence-corrected chi connectivity index (χ4v) is 4.58. The number of hydrogen-bond donors (Lipinski definition) is 0. The third kappa shape index (κ3) is 22.4. The largest absolute Gasteiger partial charge is 0.0885 e. The number of hydrogen-bond acceptors (Lipinski definition) is 0. The van der Waals surface area contributed by atoms with Gasteiger partial charge in [0.25, 0.3) is 0 Å². The monoisotopic (exact) mass is 420 g/mol. The van der Waals surface area contributed by atoms with Crippen molar-refractivity contribution >= 4 is 0 Å². The smallest absolute Gasteiger partial charge is 0.0320 e. The van der Waals surface area contributed by atoms with Gasteiger partial charge in [-0.15, -0.1) is 0 Å². The maximum atomic E-state index is 2.49. The lowest BCUT2D eigenvalue weighted by molar-refractivity contribution is 0.347. The van der Waals surface area contributed by atoms with Crippen LogP contribution >= 0.6 is 0 Å². The molecule has 0 radical (unpaired) electrons. The summed E-state index contributed by atoms with van der Waals surface area (Å²) in [5.74, 6) is 1.74.